The van der Waals surface area contributed by atoms with Gasteiger partial charge in [-0.15, -0.1) is 0 Å². The van der Waals surface area contributed by atoms with Gasteiger partial charge < -0.3 is 9.47 Å². The third-order valence-electron chi connectivity index (χ3n) is 6.86. The van der Waals surface area contributed by atoms with E-state index in [1.807, 2.05) is 127 Å². The zero-order valence-corrected chi connectivity index (χ0v) is 22.9. The normalized spacial score (nSPS) is 11.5. The number of hydrogen-bond acceptors (Lipinski definition) is 4. The maximum atomic E-state index is 10.1. The minimum absolute atomic E-state index is 0.272. The fourth-order valence-electron chi connectivity index (χ4n) is 4.89. The summed E-state index contributed by atoms with van der Waals surface area (Å²) in [7, 11) is 0. The molecular formula is C38H28N2O2. The van der Waals surface area contributed by atoms with Crippen molar-refractivity contribution >= 4 is 0 Å². The maximum absolute atomic E-state index is 10.1. The Bertz CT molecular complexity index is 1530. The summed E-state index contributed by atoms with van der Waals surface area (Å²) in [5.41, 5.74) is 4.93. The molecule has 202 valence electrons. The average molecular weight is 545 g/mol. The summed E-state index contributed by atoms with van der Waals surface area (Å²) >= 11 is 0. The van der Waals surface area contributed by atoms with Gasteiger partial charge in [-0.3, -0.25) is 0 Å². The van der Waals surface area contributed by atoms with Crippen LogP contribution in [0.4, 0.5) is 0 Å². The number of benzene rings is 5. The van der Waals surface area contributed by atoms with E-state index in [9.17, 15) is 10.5 Å². The summed E-state index contributed by atoms with van der Waals surface area (Å²) < 4.78 is 12.0. The van der Waals surface area contributed by atoms with Crippen LogP contribution in [0.3, 0.4) is 0 Å². The molecule has 4 heteroatoms. The fraction of sp³-hybridized carbons (Fsp3) is 0.0526. The Hall–Kier alpha value is -5.84. The van der Waals surface area contributed by atoms with Crippen molar-refractivity contribution in [2.75, 3.05) is 0 Å². The molecule has 0 saturated carbocycles. The minimum atomic E-state index is -0.272. The summed E-state index contributed by atoms with van der Waals surface area (Å²) in [6.45, 7) is 0. The highest BCUT2D eigenvalue weighted by Gasteiger charge is 2.21. The molecule has 5 aromatic carbocycles. The molecule has 0 radical (unpaired) electrons. The van der Waals surface area contributed by atoms with Crippen LogP contribution in [0.15, 0.2) is 169 Å². The van der Waals surface area contributed by atoms with Gasteiger partial charge in [0.2, 0.25) is 0 Å². The standard InChI is InChI=1S/C38H28N2O2/c39-25-33(37(29-14-5-1-6-15-29)30-16-7-2-8-17-30)27-41-35-22-13-23-36(24-35)42-28-34(26-40)38(31-18-9-3-10-19-31)32-20-11-4-12-21-32/h1-24,27-28,37-38H. The molecule has 0 fully saturated rings. The first-order valence-electron chi connectivity index (χ1n) is 13.6. The average Bonchev–Trinajstić information content (AvgIpc) is 3.06. The van der Waals surface area contributed by atoms with E-state index >= 15 is 0 Å². The minimum Gasteiger partial charge on any atom is -0.464 e. The molecule has 0 saturated heterocycles. The van der Waals surface area contributed by atoms with Gasteiger partial charge in [0.05, 0.1) is 23.3 Å². The monoisotopic (exact) mass is 544 g/mol. The number of hydrogen-bond donors (Lipinski definition) is 0. The molecule has 0 aliphatic carbocycles. The summed E-state index contributed by atoms with van der Waals surface area (Å²) in [6.07, 6.45) is 3.00. The van der Waals surface area contributed by atoms with E-state index < -0.39 is 0 Å². The van der Waals surface area contributed by atoms with Gasteiger partial charge in [-0.05, 0) is 34.4 Å². The van der Waals surface area contributed by atoms with Gasteiger partial charge in [0.25, 0.3) is 0 Å². The van der Waals surface area contributed by atoms with Gasteiger partial charge in [-0.25, -0.2) is 0 Å². The first kappa shape index (κ1) is 27.7. The molecule has 0 unspecified atom stereocenters. The lowest BCUT2D eigenvalue weighted by Gasteiger charge is -2.18. The molecule has 0 atom stereocenters. The van der Waals surface area contributed by atoms with Crippen molar-refractivity contribution in [2.24, 2.45) is 0 Å². The van der Waals surface area contributed by atoms with E-state index in [0.29, 0.717) is 22.6 Å². The molecule has 0 aliphatic rings. The molecule has 0 bridgehead atoms. The summed E-state index contributed by atoms with van der Waals surface area (Å²) in [6, 6.07) is 51.4. The molecule has 4 nitrogen and oxygen atoms in total. The molecule has 0 spiro atoms. The SMILES string of the molecule is N#CC(=COc1cccc(OC=C(C#N)C(c2ccccc2)c2ccccc2)c1)C(c1ccccc1)c1ccccc1. The zero-order valence-electron chi connectivity index (χ0n) is 22.9. The van der Waals surface area contributed by atoms with Gasteiger partial charge in [0.15, 0.2) is 0 Å². The Morgan fingerprint density at radius 1 is 0.452 bits per heavy atom. The second-order valence-corrected chi connectivity index (χ2v) is 9.59. The van der Waals surface area contributed by atoms with E-state index in [0.717, 1.165) is 22.3 Å². The van der Waals surface area contributed by atoms with Crippen LogP contribution in [0, 0.1) is 22.7 Å². The Labute approximate surface area is 246 Å². The summed E-state index contributed by atoms with van der Waals surface area (Å²) in [4.78, 5) is 0. The van der Waals surface area contributed by atoms with Crippen LogP contribution in [-0.4, -0.2) is 0 Å². The molecule has 0 N–H and O–H groups in total. The Balaban J connectivity index is 1.39. The third-order valence-corrected chi connectivity index (χ3v) is 6.86. The van der Waals surface area contributed by atoms with Gasteiger partial charge in [-0.1, -0.05) is 127 Å². The second kappa shape index (κ2) is 14.0. The molecule has 0 aromatic heterocycles. The van der Waals surface area contributed by atoms with Gasteiger partial charge in [0.1, 0.15) is 24.0 Å². The van der Waals surface area contributed by atoms with Crippen LogP contribution in [0.2, 0.25) is 0 Å². The van der Waals surface area contributed by atoms with Gasteiger partial charge in [-0.2, -0.15) is 10.5 Å². The van der Waals surface area contributed by atoms with Crippen LogP contribution in [0.5, 0.6) is 11.5 Å². The van der Waals surface area contributed by atoms with Crippen molar-refractivity contribution in [1.29, 1.82) is 10.5 Å². The van der Waals surface area contributed by atoms with Crippen molar-refractivity contribution in [3.8, 4) is 23.6 Å². The van der Waals surface area contributed by atoms with Gasteiger partial charge >= 0.3 is 0 Å². The van der Waals surface area contributed by atoms with E-state index in [4.69, 9.17) is 9.47 Å². The first-order chi connectivity index (χ1) is 20.8. The zero-order chi connectivity index (χ0) is 29.0. The van der Waals surface area contributed by atoms with E-state index in [1.54, 1.807) is 18.2 Å². The lowest BCUT2D eigenvalue weighted by Crippen LogP contribution is -2.05. The van der Waals surface area contributed by atoms with Crippen LogP contribution in [0.25, 0.3) is 0 Å². The van der Waals surface area contributed by atoms with E-state index in [1.165, 1.54) is 12.5 Å². The molecule has 0 aliphatic heterocycles. The fourth-order valence-corrected chi connectivity index (χ4v) is 4.89. The number of nitrogens with zero attached hydrogens (tertiary/aromatic N) is 2. The maximum Gasteiger partial charge on any atom is 0.130 e. The summed E-state index contributed by atoms with van der Waals surface area (Å²) in [5.74, 6) is 0.473. The largest absolute Gasteiger partial charge is 0.464 e. The predicted molar refractivity (Wildman–Crippen MR) is 165 cm³/mol. The number of ether oxygens (including phenoxy) is 2. The number of allylic oxidation sites excluding steroid dienone is 2. The van der Waals surface area contributed by atoms with Crippen molar-refractivity contribution in [3.05, 3.63) is 192 Å². The molecular weight excluding hydrogens is 516 g/mol. The van der Waals surface area contributed by atoms with Crippen molar-refractivity contribution < 1.29 is 9.47 Å². The Morgan fingerprint density at radius 3 is 1.05 bits per heavy atom. The van der Waals surface area contributed by atoms with Crippen LogP contribution in [0.1, 0.15) is 34.1 Å². The highest BCUT2D eigenvalue weighted by molar-refractivity contribution is 5.47. The van der Waals surface area contributed by atoms with Crippen molar-refractivity contribution in [2.45, 2.75) is 11.8 Å². The second-order valence-electron chi connectivity index (χ2n) is 9.59. The highest BCUT2D eigenvalue weighted by atomic mass is 16.5. The Kier molecular flexibility index (Phi) is 9.23. The number of rotatable bonds is 10. The van der Waals surface area contributed by atoms with Crippen molar-refractivity contribution in [3.63, 3.8) is 0 Å². The lowest BCUT2D eigenvalue weighted by molar-refractivity contribution is 0.452. The molecule has 5 aromatic rings. The van der Waals surface area contributed by atoms with Crippen LogP contribution >= 0.6 is 0 Å². The quantitative estimate of drug-likeness (QED) is 0.130. The van der Waals surface area contributed by atoms with Crippen LogP contribution < -0.4 is 9.47 Å². The lowest BCUT2D eigenvalue weighted by atomic mass is 9.86. The Morgan fingerprint density at radius 2 is 0.762 bits per heavy atom. The third kappa shape index (κ3) is 6.83. The predicted octanol–water partition coefficient (Wildman–Crippen LogP) is 8.92. The van der Waals surface area contributed by atoms with Crippen LogP contribution in [-0.2, 0) is 0 Å². The topological polar surface area (TPSA) is 66.0 Å². The van der Waals surface area contributed by atoms with Gasteiger partial charge in [0, 0.05) is 17.9 Å². The summed E-state index contributed by atoms with van der Waals surface area (Å²) in [5, 5.41) is 20.2. The molecule has 0 amide bonds. The van der Waals surface area contributed by atoms with E-state index in [2.05, 4.69) is 12.1 Å². The molecule has 5 rings (SSSR count). The number of nitriles is 2. The van der Waals surface area contributed by atoms with Crippen molar-refractivity contribution in [1.82, 2.24) is 0 Å². The molecule has 0 heterocycles. The first-order valence-corrected chi connectivity index (χ1v) is 13.6. The smallest absolute Gasteiger partial charge is 0.130 e. The van der Waals surface area contributed by atoms with E-state index in [-0.39, 0.29) is 11.8 Å². The highest BCUT2D eigenvalue weighted by Crippen LogP contribution is 2.33. The molecule has 42 heavy (non-hydrogen) atoms.